The van der Waals surface area contributed by atoms with Crippen LogP contribution in [0.25, 0.3) is 0 Å². The summed E-state index contributed by atoms with van der Waals surface area (Å²) in [6.07, 6.45) is 5.12. The van der Waals surface area contributed by atoms with Gasteiger partial charge in [-0.15, -0.1) is 0 Å². The smallest absolute Gasteiger partial charge is 0.303 e. The number of nitrogens with one attached hydrogen (secondary N) is 1. The molecule has 1 atom stereocenters. The zero-order valence-corrected chi connectivity index (χ0v) is 13.3. The molecule has 120 valence electrons. The van der Waals surface area contributed by atoms with Crippen LogP contribution in [0, 0.1) is 5.92 Å². The maximum atomic E-state index is 12.1. The molecule has 1 aliphatic rings. The lowest BCUT2D eigenvalue weighted by molar-refractivity contribution is -0.137. The molecule has 1 saturated carbocycles. The van der Waals surface area contributed by atoms with Gasteiger partial charge in [0.15, 0.2) is 0 Å². The van der Waals surface area contributed by atoms with Crippen LogP contribution >= 0.6 is 11.6 Å². The average Bonchev–Trinajstić information content (AvgIpc) is 2.42. The molecule has 4 nitrogen and oxygen atoms in total. The molecule has 1 aromatic carbocycles. The van der Waals surface area contributed by atoms with Gasteiger partial charge in [-0.25, -0.2) is 0 Å². The van der Waals surface area contributed by atoms with Gasteiger partial charge in [0.1, 0.15) is 0 Å². The van der Waals surface area contributed by atoms with E-state index in [4.69, 9.17) is 16.7 Å². The predicted molar refractivity (Wildman–Crippen MR) is 85.8 cm³/mol. The third-order valence-corrected chi connectivity index (χ3v) is 4.46. The van der Waals surface area contributed by atoms with Gasteiger partial charge in [0.25, 0.3) is 0 Å². The number of carbonyl (C=O) groups is 2. The average molecular weight is 324 g/mol. The van der Waals surface area contributed by atoms with E-state index in [-0.39, 0.29) is 18.4 Å². The second-order valence-electron chi connectivity index (χ2n) is 5.89. The Morgan fingerprint density at radius 3 is 2.36 bits per heavy atom. The van der Waals surface area contributed by atoms with Gasteiger partial charge in [-0.2, -0.15) is 0 Å². The van der Waals surface area contributed by atoms with Crippen molar-refractivity contribution >= 4 is 23.5 Å². The van der Waals surface area contributed by atoms with Crippen LogP contribution in [0.2, 0.25) is 5.02 Å². The highest BCUT2D eigenvalue weighted by molar-refractivity contribution is 6.30. The Hall–Kier alpha value is -1.55. The molecule has 1 aromatic rings. The van der Waals surface area contributed by atoms with Gasteiger partial charge in [-0.3, -0.25) is 9.59 Å². The molecule has 1 amide bonds. The van der Waals surface area contributed by atoms with Crippen LogP contribution < -0.4 is 5.32 Å². The molecule has 0 spiro atoms. The van der Waals surface area contributed by atoms with Gasteiger partial charge in [-0.1, -0.05) is 30.2 Å². The number of halogens is 1. The third-order valence-electron chi connectivity index (χ3n) is 4.21. The number of hydrogen-bond donors (Lipinski definition) is 2. The fourth-order valence-corrected chi connectivity index (χ4v) is 2.85. The SMILES string of the molecule is O=C(O)CCCCC(=O)NC(c1ccc(Cl)cc1)C1CCC1. The van der Waals surface area contributed by atoms with E-state index in [9.17, 15) is 9.59 Å². The molecule has 0 radical (unpaired) electrons. The number of rotatable bonds is 8. The van der Waals surface area contributed by atoms with Gasteiger partial charge in [-0.05, 0) is 49.3 Å². The molecule has 1 fully saturated rings. The zero-order valence-electron chi connectivity index (χ0n) is 12.6. The van der Waals surface area contributed by atoms with Crippen molar-refractivity contribution in [2.45, 2.75) is 51.0 Å². The molecule has 5 heteroatoms. The lowest BCUT2D eigenvalue weighted by Crippen LogP contribution is -2.36. The highest BCUT2D eigenvalue weighted by Gasteiger charge is 2.29. The Kier molecular flexibility index (Phi) is 6.25. The summed E-state index contributed by atoms with van der Waals surface area (Å²) in [5, 5.41) is 12.4. The van der Waals surface area contributed by atoms with Crippen molar-refractivity contribution in [1.82, 2.24) is 5.32 Å². The number of aliphatic carboxylic acids is 1. The van der Waals surface area contributed by atoms with E-state index < -0.39 is 5.97 Å². The summed E-state index contributed by atoms with van der Waals surface area (Å²) in [6, 6.07) is 7.67. The summed E-state index contributed by atoms with van der Waals surface area (Å²) >= 11 is 5.92. The molecule has 0 saturated heterocycles. The van der Waals surface area contributed by atoms with E-state index in [0.717, 1.165) is 18.4 Å². The van der Waals surface area contributed by atoms with Crippen LogP contribution in [0.5, 0.6) is 0 Å². The lowest BCUT2D eigenvalue weighted by Gasteiger charge is -2.34. The van der Waals surface area contributed by atoms with E-state index in [1.165, 1.54) is 6.42 Å². The Morgan fingerprint density at radius 2 is 1.82 bits per heavy atom. The molecular formula is C17H22ClNO3. The topological polar surface area (TPSA) is 66.4 Å². The van der Waals surface area contributed by atoms with Crippen LogP contribution in [-0.4, -0.2) is 17.0 Å². The van der Waals surface area contributed by atoms with Gasteiger partial charge < -0.3 is 10.4 Å². The first-order chi connectivity index (χ1) is 10.6. The highest BCUT2D eigenvalue weighted by Crippen LogP contribution is 2.38. The normalized spacial score (nSPS) is 15.9. The number of hydrogen-bond acceptors (Lipinski definition) is 2. The quantitative estimate of drug-likeness (QED) is 0.712. The van der Waals surface area contributed by atoms with Crippen molar-refractivity contribution in [2.24, 2.45) is 5.92 Å². The number of carboxylic acid groups (broad SMARTS) is 1. The van der Waals surface area contributed by atoms with Crippen molar-refractivity contribution < 1.29 is 14.7 Å². The number of amides is 1. The Labute approximate surface area is 135 Å². The summed E-state index contributed by atoms with van der Waals surface area (Å²) in [6.45, 7) is 0. The lowest BCUT2D eigenvalue weighted by atomic mass is 9.77. The van der Waals surface area contributed by atoms with Crippen molar-refractivity contribution in [3.05, 3.63) is 34.9 Å². The minimum atomic E-state index is -0.811. The molecule has 1 unspecified atom stereocenters. The Bertz CT molecular complexity index is 511. The summed E-state index contributed by atoms with van der Waals surface area (Å²) in [4.78, 5) is 22.6. The van der Waals surface area contributed by atoms with E-state index in [1.807, 2.05) is 24.3 Å². The van der Waals surface area contributed by atoms with Gasteiger partial charge >= 0.3 is 5.97 Å². The standard InChI is InChI=1S/C17H22ClNO3/c18-14-10-8-13(9-11-14)17(12-4-3-5-12)19-15(20)6-1-2-7-16(21)22/h8-12,17H,1-7H2,(H,19,20)(H,21,22). The van der Waals surface area contributed by atoms with E-state index in [0.29, 0.717) is 30.2 Å². The van der Waals surface area contributed by atoms with Crippen molar-refractivity contribution in [3.8, 4) is 0 Å². The second kappa shape index (κ2) is 8.18. The number of unbranched alkanes of at least 4 members (excludes halogenated alkanes) is 1. The molecule has 2 N–H and O–H groups in total. The van der Waals surface area contributed by atoms with Crippen molar-refractivity contribution in [1.29, 1.82) is 0 Å². The Morgan fingerprint density at radius 1 is 1.18 bits per heavy atom. The number of carbonyl (C=O) groups excluding carboxylic acids is 1. The Balaban J connectivity index is 1.88. The van der Waals surface area contributed by atoms with Gasteiger partial charge in [0, 0.05) is 17.9 Å². The molecule has 0 aromatic heterocycles. The molecule has 22 heavy (non-hydrogen) atoms. The summed E-state index contributed by atoms with van der Waals surface area (Å²) < 4.78 is 0. The molecular weight excluding hydrogens is 302 g/mol. The van der Waals surface area contributed by atoms with E-state index in [1.54, 1.807) is 0 Å². The molecule has 1 aliphatic carbocycles. The second-order valence-corrected chi connectivity index (χ2v) is 6.33. The van der Waals surface area contributed by atoms with E-state index in [2.05, 4.69) is 5.32 Å². The molecule has 2 rings (SSSR count). The van der Waals surface area contributed by atoms with Crippen LogP contribution in [0.1, 0.15) is 56.6 Å². The van der Waals surface area contributed by atoms with Gasteiger partial charge in [0.2, 0.25) is 5.91 Å². The van der Waals surface area contributed by atoms with Crippen LogP contribution in [0.15, 0.2) is 24.3 Å². The zero-order chi connectivity index (χ0) is 15.9. The predicted octanol–water partition coefficient (Wildman–Crippen LogP) is 3.94. The van der Waals surface area contributed by atoms with Crippen LogP contribution in [0.4, 0.5) is 0 Å². The van der Waals surface area contributed by atoms with Crippen LogP contribution in [0.3, 0.4) is 0 Å². The number of benzene rings is 1. The fraction of sp³-hybridized carbons (Fsp3) is 0.529. The van der Waals surface area contributed by atoms with Crippen molar-refractivity contribution in [2.75, 3.05) is 0 Å². The van der Waals surface area contributed by atoms with Gasteiger partial charge in [0.05, 0.1) is 6.04 Å². The maximum absolute atomic E-state index is 12.1. The minimum Gasteiger partial charge on any atom is -0.481 e. The van der Waals surface area contributed by atoms with Crippen LogP contribution in [-0.2, 0) is 9.59 Å². The first-order valence-corrected chi connectivity index (χ1v) is 8.20. The maximum Gasteiger partial charge on any atom is 0.303 e. The first-order valence-electron chi connectivity index (χ1n) is 7.83. The largest absolute Gasteiger partial charge is 0.481 e. The number of carboxylic acids is 1. The fourth-order valence-electron chi connectivity index (χ4n) is 2.72. The third kappa shape index (κ3) is 5.02. The highest BCUT2D eigenvalue weighted by atomic mass is 35.5. The first kappa shape index (κ1) is 16.8. The summed E-state index contributed by atoms with van der Waals surface area (Å²) in [5.41, 5.74) is 1.09. The van der Waals surface area contributed by atoms with Crippen molar-refractivity contribution in [3.63, 3.8) is 0 Å². The molecule has 0 heterocycles. The molecule has 0 bridgehead atoms. The monoisotopic (exact) mass is 323 g/mol. The summed E-state index contributed by atoms with van der Waals surface area (Å²) in [7, 11) is 0. The van der Waals surface area contributed by atoms with E-state index >= 15 is 0 Å². The summed E-state index contributed by atoms with van der Waals surface area (Å²) in [5.74, 6) is -0.324. The molecule has 0 aliphatic heterocycles. The minimum absolute atomic E-state index is 0.00256.